The van der Waals surface area contributed by atoms with Gasteiger partial charge in [-0.2, -0.15) is 5.26 Å². The highest BCUT2D eigenvalue weighted by Crippen LogP contribution is 2.13. The van der Waals surface area contributed by atoms with E-state index in [9.17, 15) is 0 Å². The number of hydrogen-bond acceptors (Lipinski definition) is 4. The molecule has 0 atom stereocenters. The third-order valence-electron chi connectivity index (χ3n) is 2.26. The topological polar surface area (TPSA) is 75.6 Å². The van der Waals surface area contributed by atoms with Crippen molar-refractivity contribution in [3.05, 3.63) is 59.7 Å². The fourth-order valence-electron chi connectivity index (χ4n) is 1.40. The molecule has 2 rings (SSSR count). The molecule has 2 heterocycles. The molecule has 0 saturated heterocycles. The fraction of sp³-hybridized carbons (Fsp3) is 0. The van der Waals surface area contributed by atoms with Crippen molar-refractivity contribution in [2.75, 3.05) is 0 Å². The number of aromatic nitrogens is 2. The van der Waals surface area contributed by atoms with Crippen LogP contribution in [0.2, 0.25) is 0 Å². The van der Waals surface area contributed by atoms with Gasteiger partial charge in [0.2, 0.25) is 0 Å². The van der Waals surface area contributed by atoms with Crippen molar-refractivity contribution in [3.63, 3.8) is 0 Å². The van der Waals surface area contributed by atoms with Crippen LogP contribution in [-0.2, 0) is 0 Å². The monoisotopic (exact) mass is 222 g/mol. The van der Waals surface area contributed by atoms with E-state index >= 15 is 0 Å². The lowest BCUT2D eigenvalue weighted by Crippen LogP contribution is -1.97. The van der Waals surface area contributed by atoms with Gasteiger partial charge in [0.1, 0.15) is 6.07 Å². The smallest absolute Gasteiger partial charge is 0.101 e. The van der Waals surface area contributed by atoms with Crippen LogP contribution in [0.1, 0.15) is 16.8 Å². The van der Waals surface area contributed by atoms with Crippen molar-refractivity contribution in [3.8, 4) is 6.07 Å². The molecule has 2 aromatic rings. The molecule has 0 aliphatic heterocycles. The number of nitrogens with two attached hydrogens (primary N) is 1. The Morgan fingerprint density at radius 2 is 2.00 bits per heavy atom. The summed E-state index contributed by atoms with van der Waals surface area (Å²) < 4.78 is 0. The van der Waals surface area contributed by atoms with E-state index in [0.717, 1.165) is 5.56 Å². The molecule has 2 N–H and O–H groups in total. The molecule has 4 nitrogen and oxygen atoms in total. The molecule has 0 aliphatic rings. The molecule has 82 valence electrons. The summed E-state index contributed by atoms with van der Waals surface area (Å²) in [6.45, 7) is 0. The Morgan fingerprint density at radius 3 is 2.71 bits per heavy atom. The largest absolute Gasteiger partial charge is 0.398 e. The molecule has 0 bridgehead atoms. The maximum Gasteiger partial charge on any atom is 0.101 e. The zero-order chi connectivity index (χ0) is 12.1. The molecular weight excluding hydrogens is 212 g/mol. The van der Waals surface area contributed by atoms with Gasteiger partial charge in [-0.25, -0.2) is 0 Å². The average molecular weight is 222 g/mol. The Kier molecular flexibility index (Phi) is 3.13. The van der Waals surface area contributed by atoms with Gasteiger partial charge in [0.05, 0.1) is 11.3 Å². The van der Waals surface area contributed by atoms with E-state index < -0.39 is 0 Å². The highest BCUT2D eigenvalue weighted by atomic mass is 14.7. The number of nitrogens with zero attached hydrogens (tertiary/aromatic N) is 3. The highest BCUT2D eigenvalue weighted by molar-refractivity contribution is 5.79. The second-order valence-electron chi connectivity index (χ2n) is 3.38. The van der Waals surface area contributed by atoms with Crippen LogP contribution >= 0.6 is 0 Å². The van der Waals surface area contributed by atoms with E-state index in [-0.39, 0.29) is 0 Å². The van der Waals surface area contributed by atoms with Gasteiger partial charge < -0.3 is 5.73 Å². The molecule has 0 radical (unpaired) electrons. The number of nitriles is 1. The molecule has 0 saturated carbocycles. The Labute approximate surface area is 99.1 Å². The van der Waals surface area contributed by atoms with Gasteiger partial charge in [-0.05, 0) is 30.3 Å². The molecule has 4 heteroatoms. The van der Waals surface area contributed by atoms with Gasteiger partial charge in [-0.15, -0.1) is 0 Å². The second-order valence-corrected chi connectivity index (χ2v) is 3.38. The van der Waals surface area contributed by atoms with Crippen LogP contribution in [0.25, 0.3) is 11.8 Å². The molecule has 0 amide bonds. The zero-order valence-electron chi connectivity index (χ0n) is 9.04. The van der Waals surface area contributed by atoms with Crippen LogP contribution in [0.3, 0.4) is 0 Å². The minimum atomic E-state index is 0.504. The van der Waals surface area contributed by atoms with Gasteiger partial charge in [0.25, 0.3) is 0 Å². The van der Waals surface area contributed by atoms with Gasteiger partial charge in [0, 0.05) is 29.9 Å². The summed E-state index contributed by atoms with van der Waals surface area (Å²) in [5.74, 6) is 0. The molecule has 2 aromatic heterocycles. The summed E-state index contributed by atoms with van der Waals surface area (Å²) in [6, 6.07) is 9.12. The van der Waals surface area contributed by atoms with E-state index in [0.29, 0.717) is 17.0 Å². The van der Waals surface area contributed by atoms with Crippen LogP contribution in [0.15, 0.2) is 42.9 Å². The fourth-order valence-corrected chi connectivity index (χ4v) is 1.40. The summed E-state index contributed by atoms with van der Waals surface area (Å²) in [6.07, 6.45) is 6.65. The Balaban J connectivity index is 2.41. The quantitative estimate of drug-likeness (QED) is 0.840. The van der Waals surface area contributed by atoms with E-state index in [4.69, 9.17) is 11.0 Å². The molecule has 0 fully saturated rings. The Bertz CT molecular complexity index is 582. The van der Waals surface area contributed by atoms with Crippen molar-refractivity contribution in [2.24, 2.45) is 5.73 Å². The van der Waals surface area contributed by atoms with Crippen LogP contribution in [-0.4, -0.2) is 9.97 Å². The third kappa shape index (κ3) is 2.47. The molecular formula is C13H10N4. The van der Waals surface area contributed by atoms with E-state index in [1.807, 2.05) is 0 Å². The molecule has 0 spiro atoms. The van der Waals surface area contributed by atoms with Gasteiger partial charge in [-0.1, -0.05) is 0 Å². The summed E-state index contributed by atoms with van der Waals surface area (Å²) in [4.78, 5) is 8.04. The standard InChI is InChI=1S/C13H10N4/c14-9-11-2-1-5-17-13(11)8-12(15)10-3-6-16-7-4-10/h1-8H,15H2/b12-8-. The van der Waals surface area contributed by atoms with Crippen LogP contribution < -0.4 is 5.73 Å². The zero-order valence-corrected chi connectivity index (χ0v) is 9.04. The number of hydrogen-bond donors (Lipinski definition) is 1. The van der Waals surface area contributed by atoms with Gasteiger partial charge in [0.15, 0.2) is 0 Å². The van der Waals surface area contributed by atoms with E-state index in [1.165, 1.54) is 0 Å². The molecule has 0 aromatic carbocycles. The first-order valence-electron chi connectivity index (χ1n) is 5.04. The van der Waals surface area contributed by atoms with Crippen LogP contribution in [0.5, 0.6) is 0 Å². The van der Waals surface area contributed by atoms with Crippen LogP contribution in [0.4, 0.5) is 0 Å². The lowest BCUT2D eigenvalue weighted by molar-refractivity contribution is 1.26. The maximum absolute atomic E-state index is 8.93. The van der Waals surface area contributed by atoms with Crippen molar-refractivity contribution < 1.29 is 0 Å². The summed E-state index contributed by atoms with van der Waals surface area (Å²) in [7, 11) is 0. The normalized spacial score (nSPS) is 10.9. The molecule has 0 unspecified atom stereocenters. The summed E-state index contributed by atoms with van der Waals surface area (Å²) in [5, 5.41) is 8.93. The van der Waals surface area contributed by atoms with E-state index in [2.05, 4.69) is 16.0 Å². The summed E-state index contributed by atoms with van der Waals surface area (Å²) >= 11 is 0. The van der Waals surface area contributed by atoms with Crippen LogP contribution in [0, 0.1) is 11.3 Å². The average Bonchev–Trinajstić information content (AvgIpc) is 2.40. The Hall–Kier alpha value is -2.67. The highest BCUT2D eigenvalue weighted by Gasteiger charge is 2.01. The first-order valence-corrected chi connectivity index (χ1v) is 5.04. The summed E-state index contributed by atoms with van der Waals surface area (Å²) in [5.41, 5.74) is 8.43. The third-order valence-corrected chi connectivity index (χ3v) is 2.26. The first-order chi connectivity index (χ1) is 8.31. The second kappa shape index (κ2) is 4.90. The lowest BCUT2D eigenvalue weighted by atomic mass is 10.1. The minimum absolute atomic E-state index is 0.504. The Morgan fingerprint density at radius 1 is 1.24 bits per heavy atom. The molecule has 17 heavy (non-hydrogen) atoms. The number of rotatable bonds is 2. The lowest BCUT2D eigenvalue weighted by Gasteiger charge is -2.01. The molecule has 0 aliphatic carbocycles. The van der Waals surface area contributed by atoms with Crippen molar-refractivity contribution in [1.29, 1.82) is 5.26 Å². The van der Waals surface area contributed by atoms with Gasteiger partial charge >= 0.3 is 0 Å². The van der Waals surface area contributed by atoms with Crippen molar-refractivity contribution >= 4 is 11.8 Å². The first kappa shape index (κ1) is 10.8. The van der Waals surface area contributed by atoms with Crippen molar-refractivity contribution in [1.82, 2.24) is 9.97 Å². The SMILES string of the molecule is N#Cc1cccnc1/C=C(\N)c1ccncc1. The van der Waals surface area contributed by atoms with E-state index in [1.54, 1.807) is 48.9 Å². The number of pyridine rings is 2. The predicted octanol–water partition coefficient (Wildman–Crippen LogP) is 1.81. The minimum Gasteiger partial charge on any atom is -0.398 e. The van der Waals surface area contributed by atoms with Crippen molar-refractivity contribution in [2.45, 2.75) is 0 Å². The predicted molar refractivity (Wildman–Crippen MR) is 65.2 cm³/mol. The maximum atomic E-state index is 8.93. The van der Waals surface area contributed by atoms with Gasteiger partial charge in [-0.3, -0.25) is 9.97 Å².